The quantitative estimate of drug-likeness (QED) is 0.713. The van der Waals surface area contributed by atoms with Crippen molar-refractivity contribution in [2.75, 3.05) is 6.61 Å². The van der Waals surface area contributed by atoms with Gasteiger partial charge in [0.05, 0.1) is 0 Å². The highest BCUT2D eigenvalue weighted by atomic mass is 19.1. The maximum atomic E-state index is 14.2. The number of nitrogens with one attached hydrogen (secondary N) is 1. The van der Waals surface area contributed by atoms with E-state index in [4.69, 9.17) is 4.74 Å². The Labute approximate surface area is 177 Å². The number of benzene rings is 2. The molecular formula is C24H29FN2O3. The Hall–Kier alpha value is -2.89. The van der Waals surface area contributed by atoms with Crippen molar-refractivity contribution in [3.63, 3.8) is 0 Å². The molecule has 0 spiro atoms. The van der Waals surface area contributed by atoms with Gasteiger partial charge in [0.15, 0.2) is 6.61 Å². The minimum absolute atomic E-state index is 0.00192. The molecule has 6 heteroatoms. The molecule has 2 aromatic rings. The van der Waals surface area contributed by atoms with Gasteiger partial charge in [-0.15, -0.1) is 0 Å². The van der Waals surface area contributed by atoms with E-state index in [1.54, 1.807) is 31.2 Å². The van der Waals surface area contributed by atoms with Crippen LogP contribution in [0.4, 0.5) is 4.39 Å². The van der Waals surface area contributed by atoms with Gasteiger partial charge in [0.2, 0.25) is 5.91 Å². The molecule has 0 saturated heterocycles. The van der Waals surface area contributed by atoms with E-state index < -0.39 is 11.9 Å². The SMILES string of the molecule is Cc1cccc(OCC(=O)N(Cc2ccccc2F)[C@H](C)C(=O)NC2CCCC2)c1. The summed E-state index contributed by atoms with van der Waals surface area (Å²) < 4.78 is 19.9. The predicted molar refractivity (Wildman–Crippen MR) is 113 cm³/mol. The first-order chi connectivity index (χ1) is 14.4. The second-order valence-corrected chi connectivity index (χ2v) is 7.88. The summed E-state index contributed by atoms with van der Waals surface area (Å²) in [7, 11) is 0. The number of nitrogens with zero attached hydrogens (tertiary/aromatic N) is 1. The van der Waals surface area contributed by atoms with E-state index in [1.165, 1.54) is 11.0 Å². The Morgan fingerprint density at radius 2 is 1.90 bits per heavy atom. The van der Waals surface area contributed by atoms with Gasteiger partial charge in [-0.1, -0.05) is 43.2 Å². The Morgan fingerprint density at radius 3 is 2.60 bits per heavy atom. The minimum Gasteiger partial charge on any atom is -0.484 e. The van der Waals surface area contributed by atoms with Gasteiger partial charge in [0.25, 0.3) is 5.91 Å². The Bertz CT molecular complexity index is 880. The molecule has 2 aromatic carbocycles. The van der Waals surface area contributed by atoms with Gasteiger partial charge in [-0.25, -0.2) is 4.39 Å². The number of ether oxygens (including phenoxy) is 1. The molecule has 1 aliphatic rings. The largest absolute Gasteiger partial charge is 0.484 e. The van der Waals surface area contributed by atoms with Gasteiger partial charge in [-0.2, -0.15) is 0 Å². The van der Waals surface area contributed by atoms with Gasteiger partial charge in [-0.3, -0.25) is 9.59 Å². The topological polar surface area (TPSA) is 58.6 Å². The molecule has 0 bridgehead atoms. The first-order valence-electron chi connectivity index (χ1n) is 10.5. The van der Waals surface area contributed by atoms with E-state index in [0.717, 1.165) is 31.2 Å². The molecule has 1 N–H and O–H groups in total. The Morgan fingerprint density at radius 1 is 1.17 bits per heavy atom. The van der Waals surface area contributed by atoms with Crippen molar-refractivity contribution >= 4 is 11.8 Å². The van der Waals surface area contributed by atoms with E-state index in [2.05, 4.69) is 5.32 Å². The van der Waals surface area contributed by atoms with Crippen LogP contribution in [0, 0.1) is 12.7 Å². The monoisotopic (exact) mass is 412 g/mol. The molecule has 0 aromatic heterocycles. The van der Waals surface area contributed by atoms with Crippen molar-refractivity contribution in [3.8, 4) is 5.75 Å². The van der Waals surface area contributed by atoms with Crippen LogP contribution in [0.3, 0.4) is 0 Å². The van der Waals surface area contributed by atoms with Crippen LogP contribution in [-0.2, 0) is 16.1 Å². The third-order valence-electron chi connectivity index (χ3n) is 5.52. The third-order valence-corrected chi connectivity index (χ3v) is 5.52. The second kappa shape index (κ2) is 10.2. The fraction of sp³-hybridized carbons (Fsp3) is 0.417. The lowest BCUT2D eigenvalue weighted by atomic mass is 10.1. The molecule has 0 unspecified atom stereocenters. The molecule has 0 radical (unpaired) electrons. The number of hydrogen-bond acceptors (Lipinski definition) is 3. The number of amides is 2. The average molecular weight is 413 g/mol. The average Bonchev–Trinajstić information content (AvgIpc) is 3.24. The summed E-state index contributed by atoms with van der Waals surface area (Å²) in [6.07, 6.45) is 4.11. The van der Waals surface area contributed by atoms with Gasteiger partial charge < -0.3 is 15.0 Å². The normalized spacial score (nSPS) is 14.9. The van der Waals surface area contributed by atoms with E-state index in [0.29, 0.717) is 11.3 Å². The summed E-state index contributed by atoms with van der Waals surface area (Å²) in [5.74, 6) is -0.411. The number of carbonyl (C=O) groups excluding carboxylic acids is 2. The number of halogens is 1. The summed E-state index contributed by atoms with van der Waals surface area (Å²) in [4.78, 5) is 27.2. The zero-order chi connectivity index (χ0) is 21.5. The van der Waals surface area contributed by atoms with Crippen molar-refractivity contribution in [1.29, 1.82) is 0 Å². The molecule has 1 aliphatic carbocycles. The van der Waals surface area contributed by atoms with Gasteiger partial charge in [-0.05, 0) is 50.5 Å². The highest BCUT2D eigenvalue weighted by molar-refractivity contribution is 5.88. The lowest BCUT2D eigenvalue weighted by molar-refractivity contribution is -0.142. The second-order valence-electron chi connectivity index (χ2n) is 7.88. The Balaban J connectivity index is 1.72. The maximum Gasteiger partial charge on any atom is 0.261 e. The number of rotatable bonds is 8. The summed E-state index contributed by atoms with van der Waals surface area (Å²) in [5.41, 5.74) is 1.38. The van der Waals surface area contributed by atoms with Crippen LogP contribution >= 0.6 is 0 Å². The van der Waals surface area contributed by atoms with Gasteiger partial charge >= 0.3 is 0 Å². The summed E-state index contributed by atoms with van der Waals surface area (Å²) in [5, 5.41) is 3.03. The lowest BCUT2D eigenvalue weighted by Gasteiger charge is -2.29. The van der Waals surface area contributed by atoms with E-state index in [9.17, 15) is 14.0 Å². The number of hydrogen-bond donors (Lipinski definition) is 1. The Kier molecular flexibility index (Phi) is 7.44. The molecule has 1 saturated carbocycles. The fourth-order valence-electron chi connectivity index (χ4n) is 3.72. The van der Waals surface area contributed by atoms with E-state index in [-0.39, 0.29) is 31.0 Å². The lowest BCUT2D eigenvalue weighted by Crippen LogP contribution is -2.50. The molecule has 3 rings (SSSR count). The molecule has 1 fully saturated rings. The summed E-state index contributed by atoms with van der Waals surface area (Å²) in [6, 6.07) is 13.1. The first-order valence-corrected chi connectivity index (χ1v) is 10.5. The van der Waals surface area contributed by atoms with Gasteiger partial charge in [0, 0.05) is 18.2 Å². The zero-order valence-electron chi connectivity index (χ0n) is 17.6. The molecule has 5 nitrogen and oxygen atoms in total. The van der Waals surface area contributed by atoms with E-state index in [1.807, 2.05) is 25.1 Å². The van der Waals surface area contributed by atoms with Crippen LogP contribution in [0.1, 0.15) is 43.7 Å². The molecule has 0 aliphatic heterocycles. The maximum absolute atomic E-state index is 14.2. The predicted octanol–water partition coefficient (Wildman–Crippen LogP) is 3.99. The minimum atomic E-state index is -0.737. The molecule has 30 heavy (non-hydrogen) atoms. The molecule has 2 amide bonds. The van der Waals surface area contributed by atoms with Crippen LogP contribution in [-0.4, -0.2) is 35.4 Å². The van der Waals surface area contributed by atoms with Crippen LogP contribution in [0.15, 0.2) is 48.5 Å². The van der Waals surface area contributed by atoms with Crippen LogP contribution < -0.4 is 10.1 Å². The van der Waals surface area contributed by atoms with Crippen LogP contribution in [0.2, 0.25) is 0 Å². The zero-order valence-corrected chi connectivity index (χ0v) is 17.6. The fourth-order valence-corrected chi connectivity index (χ4v) is 3.72. The van der Waals surface area contributed by atoms with Crippen molar-refractivity contribution in [1.82, 2.24) is 10.2 Å². The van der Waals surface area contributed by atoms with Crippen LogP contribution in [0.25, 0.3) is 0 Å². The highest BCUT2D eigenvalue weighted by Gasteiger charge is 2.29. The molecular weight excluding hydrogens is 383 g/mol. The molecule has 0 heterocycles. The smallest absolute Gasteiger partial charge is 0.261 e. The van der Waals surface area contributed by atoms with Gasteiger partial charge in [0.1, 0.15) is 17.6 Å². The molecule has 1 atom stereocenters. The molecule has 160 valence electrons. The summed E-state index contributed by atoms with van der Waals surface area (Å²) in [6.45, 7) is 3.39. The number of carbonyl (C=O) groups is 2. The standard InChI is InChI=1S/C24H29FN2O3/c1-17-8-7-12-21(14-17)30-16-23(28)27(15-19-9-3-6-13-22(19)25)18(2)24(29)26-20-10-4-5-11-20/h3,6-9,12-14,18,20H,4-5,10-11,15-16H2,1-2H3,(H,26,29)/t18-/m1/s1. The van der Waals surface area contributed by atoms with Crippen molar-refractivity contribution in [3.05, 3.63) is 65.5 Å². The van der Waals surface area contributed by atoms with Crippen molar-refractivity contribution < 1.29 is 18.7 Å². The van der Waals surface area contributed by atoms with E-state index >= 15 is 0 Å². The van der Waals surface area contributed by atoms with Crippen LogP contribution in [0.5, 0.6) is 5.75 Å². The highest BCUT2D eigenvalue weighted by Crippen LogP contribution is 2.19. The summed E-state index contributed by atoms with van der Waals surface area (Å²) >= 11 is 0. The van der Waals surface area contributed by atoms with Crippen molar-refractivity contribution in [2.24, 2.45) is 0 Å². The first kappa shape index (κ1) is 21.8. The number of aryl methyl sites for hydroxylation is 1. The van der Waals surface area contributed by atoms with Crippen molar-refractivity contribution in [2.45, 2.75) is 58.2 Å². The third kappa shape index (κ3) is 5.81.